The maximum atomic E-state index is 12.5. The van der Waals surface area contributed by atoms with Crippen molar-refractivity contribution in [2.24, 2.45) is 0 Å². The van der Waals surface area contributed by atoms with Crippen molar-refractivity contribution in [2.45, 2.75) is 18.5 Å². The number of ether oxygens (including phenoxy) is 1. The number of hydrogen-bond acceptors (Lipinski definition) is 2. The largest absolute Gasteiger partial charge is 0.496 e. The summed E-state index contributed by atoms with van der Waals surface area (Å²) in [7, 11) is 0.963. The molecule has 0 saturated carbocycles. The number of aliphatic hydroxyl groups excluding tert-OH is 1. The van der Waals surface area contributed by atoms with Gasteiger partial charge in [0.2, 0.25) is 0 Å². The lowest BCUT2D eigenvalue weighted by Gasteiger charge is -2.18. The summed E-state index contributed by atoms with van der Waals surface area (Å²) in [4.78, 5) is 0. The fourth-order valence-corrected chi connectivity index (χ4v) is 1.31. The molecule has 0 aliphatic heterocycles. The maximum absolute atomic E-state index is 12.5. The summed E-state index contributed by atoms with van der Waals surface area (Å²) < 4.78 is 78.6. The second-order valence-electron chi connectivity index (χ2n) is 3.40. The Balaban J connectivity index is 3.28. The fourth-order valence-electron chi connectivity index (χ4n) is 1.31. The van der Waals surface area contributed by atoms with Crippen LogP contribution in [0.25, 0.3) is 0 Å². The Bertz CT molecular complexity index is 423. The number of halogens is 6. The van der Waals surface area contributed by atoms with Gasteiger partial charge in [-0.25, -0.2) is 0 Å². The van der Waals surface area contributed by atoms with Crippen molar-refractivity contribution in [1.82, 2.24) is 0 Å². The van der Waals surface area contributed by atoms with E-state index in [1.165, 1.54) is 0 Å². The van der Waals surface area contributed by atoms with Crippen LogP contribution in [0.15, 0.2) is 18.2 Å². The first-order chi connectivity index (χ1) is 8.07. The van der Waals surface area contributed by atoms with Gasteiger partial charge >= 0.3 is 12.4 Å². The molecule has 0 unspecified atom stereocenters. The number of aliphatic hydroxyl groups is 1. The van der Waals surface area contributed by atoms with Crippen molar-refractivity contribution in [3.63, 3.8) is 0 Å². The summed E-state index contributed by atoms with van der Waals surface area (Å²) in [6.07, 6.45) is -12.9. The molecule has 0 heterocycles. The lowest BCUT2D eigenvalue weighted by Crippen LogP contribution is -2.21. The van der Waals surface area contributed by atoms with E-state index in [0.717, 1.165) is 19.2 Å². The Kier molecular flexibility index (Phi) is 3.80. The Hall–Kier alpha value is -1.44. The molecule has 1 atom stereocenters. The summed E-state index contributed by atoms with van der Waals surface area (Å²) in [5.74, 6) is -0.611. The number of rotatable bonds is 2. The Morgan fingerprint density at radius 3 is 2.06 bits per heavy atom. The van der Waals surface area contributed by atoms with Gasteiger partial charge in [0.15, 0.2) is 6.10 Å². The van der Waals surface area contributed by atoms with Crippen molar-refractivity contribution in [3.8, 4) is 5.75 Å². The smallest absolute Gasteiger partial charge is 0.419 e. The molecule has 2 nitrogen and oxygen atoms in total. The van der Waals surface area contributed by atoms with Crippen LogP contribution in [0, 0.1) is 0 Å². The first-order valence-electron chi connectivity index (χ1n) is 4.57. The zero-order valence-electron chi connectivity index (χ0n) is 8.93. The summed E-state index contributed by atoms with van der Waals surface area (Å²) >= 11 is 0. The molecule has 0 aliphatic rings. The van der Waals surface area contributed by atoms with E-state index in [2.05, 4.69) is 4.74 Å². The van der Waals surface area contributed by atoms with Crippen molar-refractivity contribution in [3.05, 3.63) is 29.3 Å². The highest BCUT2D eigenvalue weighted by molar-refractivity contribution is 5.40. The standard InChI is InChI=1S/C10H8F6O2/c1-18-7-3-2-5(8(17)10(14,15)16)4-6(7)9(11,12)13/h2-4,8,17H,1H3/t8-/m1/s1. The highest BCUT2D eigenvalue weighted by atomic mass is 19.4. The molecule has 0 saturated heterocycles. The molecule has 1 aromatic rings. The van der Waals surface area contributed by atoms with E-state index in [0.29, 0.717) is 0 Å². The zero-order chi connectivity index (χ0) is 14.1. The molecular weight excluding hydrogens is 266 g/mol. The van der Waals surface area contributed by atoms with Crippen molar-refractivity contribution in [2.75, 3.05) is 7.11 Å². The first-order valence-corrected chi connectivity index (χ1v) is 4.57. The van der Waals surface area contributed by atoms with Crippen LogP contribution in [-0.2, 0) is 6.18 Å². The van der Waals surface area contributed by atoms with E-state index in [4.69, 9.17) is 5.11 Å². The minimum absolute atomic E-state index is 0.219. The average molecular weight is 274 g/mol. The molecule has 1 aromatic carbocycles. The SMILES string of the molecule is COc1ccc([C@@H](O)C(F)(F)F)cc1C(F)(F)F. The summed E-state index contributed by atoms with van der Waals surface area (Å²) in [5.41, 5.74) is -2.26. The number of hydrogen-bond donors (Lipinski definition) is 1. The topological polar surface area (TPSA) is 29.5 Å². The van der Waals surface area contributed by atoms with E-state index in [1.54, 1.807) is 0 Å². The summed E-state index contributed by atoms with van der Waals surface area (Å²) in [6.45, 7) is 0. The van der Waals surface area contributed by atoms with Crippen molar-refractivity contribution < 1.29 is 36.2 Å². The average Bonchev–Trinajstić information content (AvgIpc) is 2.24. The molecule has 102 valence electrons. The molecule has 0 aromatic heterocycles. The lowest BCUT2D eigenvalue weighted by molar-refractivity contribution is -0.207. The van der Waals surface area contributed by atoms with Crippen LogP contribution in [-0.4, -0.2) is 18.4 Å². The van der Waals surface area contributed by atoms with Gasteiger partial charge in [0.1, 0.15) is 5.75 Å². The molecule has 8 heteroatoms. The van der Waals surface area contributed by atoms with Gasteiger partial charge in [-0.15, -0.1) is 0 Å². The highest BCUT2D eigenvalue weighted by Gasteiger charge is 2.41. The van der Waals surface area contributed by atoms with Gasteiger partial charge in [-0.05, 0) is 17.7 Å². The second-order valence-corrected chi connectivity index (χ2v) is 3.40. The molecule has 1 N–H and O–H groups in total. The van der Waals surface area contributed by atoms with Crippen LogP contribution in [0.4, 0.5) is 26.3 Å². The molecule has 18 heavy (non-hydrogen) atoms. The Labute approximate surface area is 97.8 Å². The van der Waals surface area contributed by atoms with Crippen molar-refractivity contribution in [1.29, 1.82) is 0 Å². The maximum Gasteiger partial charge on any atom is 0.419 e. The first kappa shape index (κ1) is 14.6. The molecule has 0 radical (unpaired) electrons. The number of methoxy groups -OCH3 is 1. The quantitative estimate of drug-likeness (QED) is 0.838. The van der Waals surface area contributed by atoms with Gasteiger partial charge in [-0.1, -0.05) is 6.07 Å². The van der Waals surface area contributed by atoms with Gasteiger partial charge in [0.05, 0.1) is 12.7 Å². The Morgan fingerprint density at radius 2 is 1.67 bits per heavy atom. The normalized spacial score (nSPS) is 14.4. The molecule has 1 rings (SSSR count). The predicted octanol–water partition coefficient (Wildman–Crippen LogP) is 3.31. The monoisotopic (exact) mass is 274 g/mol. The number of benzene rings is 1. The third kappa shape index (κ3) is 3.06. The predicted molar refractivity (Wildman–Crippen MR) is 49.0 cm³/mol. The highest BCUT2D eigenvalue weighted by Crippen LogP contribution is 2.40. The van der Waals surface area contributed by atoms with Gasteiger partial charge in [0.25, 0.3) is 0 Å². The third-order valence-corrected chi connectivity index (χ3v) is 2.15. The van der Waals surface area contributed by atoms with E-state index in [9.17, 15) is 26.3 Å². The number of alkyl halides is 6. The van der Waals surface area contributed by atoms with E-state index in [1.807, 2.05) is 0 Å². The summed E-state index contributed by atoms with van der Waals surface area (Å²) in [5, 5.41) is 8.88. The minimum atomic E-state index is -5.03. The molecule has 0 spiro atoms. The molecule has 0 bridgehead atoms. The molecular formula is C10H8F6O2. The molecule has 0 amide bonds. The lowest BCUT2D eigenvalue weighted by atomic mass is 10.0. The van der Waals surface area contributed by atoms with Gasteiger partial charge in [0, 0.05) is 0 Å². The van der Waals surface area contributed by atoms with E-state index in [-0.39, 0.29) is 6.07 Å². The van der Waals surface area contributed by atoms with Crippen molar-refractivity contribution >= 4 is 0 Å². The van der Waals surface area contributed by atoms with Crippen LogP contribution in [0.5, 0.6) is 5.75 Å². The second kappa shape index (κ2) is 4.68. The van der Waals surface area contributed by atoms with Crippen LogP contribution in [0.1, 0.15) is 17.2 Å². The molecule has 0 fully saturated rings. The van der Waals surface area contributed by atoms with Crippen LogP contribution < -0.4 is 4.74 Å². The Morgan fingerprint density at radius 1 is 1.11 bits per heavy atom. The van der Waals surface area contributed by atoms with Crippen LogP contribution in [0.2, 0.25) is 0 Å². The zero-order valence-corrected chi connectivity index (χ0v) is 8.93. The van der Waals surface area contributed by atoms with Crippen LogP contribution >= 0.6 is 0 Å². The van der Waals surface area contributed by atoms with Gasteiger partial charge in [-0.3, -0.25) is 0 Å². The minimum Gasteiger partial charge on any atom is -0.496 e. The van der Waals surface area contributed by atoms with Crippen LogP contribution in [0.3, 0.4) is 0 Å². The van der Waals surface area contributed by atoms with E-state index < -0.39 is 35.3 Å². The molecule has 0 aliphatic carbocycles. The van der Waals surface area contributed by atoms with E-state index >= 15 is 0 Å². The summed E-state index contributed by atoms with van der Waals surface area (Å²) in [6, 6.07) is 1.68. The van der Waals surface area contributed by atoms with Gasteiger partial charge in [-0.2, -0.15) is 26.3 Å². The fraction of sp³-hybridized carbons (Fsp3) is 0.400. The third-order valence-electron chi connectivity index (χ3n) is 2.15. The van der Waals surface area contributed by atoms with Gasteiger partial charge < -0.3 is 9.84 Å².